The Bertz CT molecular complexity index is 571. The average molecular weight is 320 g/mol. The zero-order valence-corrected chi connectivity index (χ0v) is 16.4. The average Bonchev–Trinajstić information content (AvgIpc) is 2.26. The number of Topliss-reactive ketones (excluding diaryl/α,β-unsaturated/α-hetero) is 1. The number of carbonyl (C=O) groups excluding carboxylic acids is 2. The van der Waals surface area contributed by atoms with Gasteiger partial charge in [0.2, 0.25) is 5.78 Å². The van der Waals surface area contributed by atoms with Gasteiger partial charge in [0.1, 0.15) is 0 Å². The topological polar surface area (TPSA) is 43.4 Å². The molecule has 0 aromatic heterocycles. The van der Waals surface area contributed by atoms with Gasteiger partial charge in [-0.25, -0.2) is 0 Å². The summed E-state index contributed by atoms with van der Waals surface area (Å²) in [6, 6.07) is 0. The molecule has 0 N–H and O–H groups in total. The van der Waals surface area contributed by atoms with Crippen LogP contribution >= 0.6 is 0 Å². The van der Waals surface area contributed by atoms with E-state index in [1.54, 1.807) is 0 Å². The molecular weight excluding hydrogens is 288 g/mol. The van der Waals surface area contributed by atoms with Crippen molar-refractivity contribution < 1.29 is 14.3 Å². The number of carbonyl (C=O) groups is 2. The van der Waals surface area contributed by atoms with Crippen LogP contribution in [-0.4, -0.2) is 17.4 Å². The van der Waals surface area contributed by atoms with Crippen molar-refractivity contribution in [2.75, 3.05) is 0 Å². The van der Waals surface area contributed by atoms with E-state index in [-0.39, 0.29) is 16.6 Å². The maximum Gasteiger partial charge on any atom is 0.303 e. The minimum absolute atomic E-state index is 0.110. The number of allylic oxidation sites excluding steroid dienone is 2. The first-order valence-corrected chi connectivity index (χ1v) is 8.22. The SMILES string of the molecule is CC(=O)OC1(C(C)(C)C)C=C(C(C)(C)C)C=C(C(C)(C)C)C1=O. The van der Waals surface area contributed by atoms with Crippen LogP contribution in [0.1, 0.15) is 69.2 Å². The highest BCUT2D eigenvalue weighted by Gasteiger charge is 2.54. The summed E-state index contributed by atoms with van der Waals surface area (Å²) in [6.45, 7) is 19.5. The Morgan fingerprint density at radius 2 is 1.43 bits per heavy atom. The van der Waals surface area contributed by atoms with Crippen LogP contribution in [0.3, 0.4) is 0 Å². The summed E-state index contributed by atoms with van der Waals surface area (Å²) in [5, 5.41) is 0. The summed E-state index contributed by atoms with van der Waals surface area (Å²) in [4.78, 5) is 25.2. The maximum absolute atomic E-state index is 13.4. The molecule has 130 valence electrons. The summed E-state index contributed by atoms with van der Waals surface area (Å²) in [7, 11) is 0. The van der Waals surface area contributed by atoms with E-state index in [4.69, 9.17) is 4.74 Å². The monoisotopic (exact) mass is 320 g/mol. The molecule has 3 nitrogen and oxygen atoms in total. The van der Waals surface area contributed by atoms with E-state index in [9.17, 15) is 9.59 Å². The van der Waals surface area contributed by atoms with Gasteiger partial charge < -0.3 is 4.74 Å². The smallest absolute Gasteiger partial charge is 0.303 e. The Labute approximate surface area is 141 Å². The van der Waals surface area contributed by atoms with Crippen LogP contribution < -0.4 is 0 Å². The van der Waals surface area contributed by atoms with Crippen LogP contribution in [-0.2, 0) is 14.3 Å². The molecular formula is C20H32O3. The third-order valence-corrected chi connectivity index (χ3v) is 4.33. The summed E-state index contributed by atoms with van der Waals surface area (Å²) >= 11 is 0. The fraction of sp³-hybridized carbons (Fsp3) is 0.700. The van der Waals surface area contributed by atoms with E-state index in [0.717, 1.165) is 5.57 Å². The standard InChI is InChI=1S/C20H32O3/c1-13(21)23-20(19(8,9)10)12-14(17(2,3)4)11-15(16(20)22)18(5,6)7/h11-12H,1-10H3. The fourth-order valence-corrected chi connectivity index (χ4v) is 2.75. The van der Waals surface area contributed by atoms with E-state index in [1.165, 1.54) is 6.92 Å². The zero-order chi connectivity index (χ0) is 18.4. The summed E-state index contributed by atoms with van der Waals surface area (Å²) < 4.78 is 5.70. The van der Waals surface area contributed by atoms with Gasteiger partial charge in [-0.1, -0.05) is 68.4 Å². The lowest BCUT2D eigenvalue weighted by Crippen LogP contribution is -2.55. The minimum Gasteiger partial charge on any atom is -0.446 e. The molecule has 1 aliphatic carbocycles. The predicted octanol–water partition coefficient (Wildman–Crippen LogP) is 4.86. The normalized spacial score (nSPS) is 23.3. The Balaban J connectivity index is 3.76. The Hall–Kier alpha value is -1.38. The number of esters is 1. The van der Waals surface area contributed by atoms with Crippen LogP contribution in [0.4, 0.5) is 0 Å². The molecule has 0 saturated carbocycles. The van der Waals surface area contributed by atoms with E-state index < -0.39 is 17.0 Å². The van der Waals surface area contributed by atoms with E-state index in [2.05, 4.69) is 20.8 Å². The molecule has 0 saturated heterocycles. The summed E-state index contributed by atoms with van der Waals surface area (Å²) in [5.41, 5.74) is -0.540. The third-order valence-electron chi connectivity index (χ3n) is 4.33. The summed E-state index contributed by atoms with van der Waals surface area (Å²) in [5.74, 6) is -0.548. The van der Waals surface area contributed by atoms with Crippen molar-refractivity contribution in [2.45, 2.75) is 74.8 Å². The van der Waals surface area contributed by atoms with Crippen molar-refractivity contribution in [1.82, 2.24) is 0 Å². The largest absolute Gasteiger partial charge is 0.446 e. The summed E-state index contributed by atoms with van der Waals surface area (Å²) in [6.07, 6.45) is 3.85. The lowest BCUT2D eigenvalue weighted by molar-refractivity contribution is -0.169. The Morgan fingerprint density at radius 1 is 0.957 bits per heavy atom. The Kier molecular flexibility index (Phi) is 4.80. The third kappa shape index (κ3) is 3.76. The fourth-order valence-electron chi connectivity index (χ4n) is 2.75. The highest BCUT2D eigenvalue weighted by Crippen LogP contribution is 2.47. The molecule has 23 heavy (non-hydrogen) atoms. The molecule has 0 bridgehead atoms. The second kappa shape index (κ2) is 5.61. The lowest BCUT2D eigenvalue weighted by Gasteiger charge is -2.45. The maximum atomic E-state index is 13.4. The first-order chi connectivity index (χ1) is 10.0. The number of ether oxygens (including phenoxy) is 1. The molecule has 1 atom stereocenters. The quantitative estimate of drug-likeness (QED) is 0.648. The molecule has 1 rings (SSSR count). The van der Waals surface area contributed by atoms with Crippen LogP contribution in [0.25, 0.3) is 0 Å². The van der Waals surface area contributed by atoms with Gasteiger partial charge in [0.05, 0.1) is 0 Å². The molecule has 3 heteroatoms. The van der Waals surface area contributed by atoms with Crippen molar-refractivity contribution in [3.05, 3.63) is 23.3 Å². The van der Waals surface area contributed by atoms with Crippen LogP contribution in [0.2, 0.25) is 0 Å². The molecule has 1 aliphatic rings. The second-order valence-corrected chi connectivity index (χ2v) is 9.57. The highest BCUT2D eigenvalue weighted by atomic mass is 16.6. The van der Waals surface area contributed by atoms with Crippen LogP contribution in [0, 0.1) is 16.2 Å². The van der Waals surface area contributed by atoms with Gasteiger partial charge in [0.25, 0.3) is 0 Å². The van der Waals surface area contributed by atoms with E-state index >= 15 is 0 Å². The lowest BCUT2D eigenvalue weighted by atomic mass is 9.63. The van der Waals surface area contributed by atoms with Crippen molar-refractivity contribution in [2.24, 2.45) is 16.2 Å². The molecule has 0 spiro atoms. The number of hydrogen-bond donors (Lipinski definition) is 0. The molecule has 1 unspecified atom stereocenters. The van der Waals surface area contributed by atoms with Crippen molar-refractivity contribution >= 4 is 11.8 Å². The van der Waals surface area contributed by atoms with Gasteiger partial charge in [0.15, 0.2) is 5.60 Å². The van der Waals surface area contributed by atoms with Crippen molar-refractivity contribution in [3.63, 3.8) is 0 Å². The van der Waals surface area contributed by atoms with E-state index in [1.807, 2.05) is 53.7 Å². The van der Waals surface area contributed by atoms with Crippen molar-refractivity contribution in [1.29, 1.82) is 0 Å². The molecule has 0 radical (unpaired) electrons. The number of hydrogen-bond acceptors (Lipinski definition) is 3. The molecule has 0 amide bonds. The first-order valence-electron chi connectivity index (χ1n) is 8.22. The van der Waals surface area contributed by atoms with Crippen molar-refractivity contribution in [3.8, 4) is 0 Å². The zero-order valence-electron chi connectivity index (χ0n) is 16.4. The van der Waals surface area contributed by atoms with Crippen LogP contribution in [0.15, 0.2) is 23.3 Å². The number of rotatable bonds is 1. The highest BCUT2D eigenvalue weighted by molar-refractivity contribution is 6.07. The molecule has 0 fully saturated rings. The van der Waals surface area contributed by atoms with Gasteiger partial charge in [-0.2, -0.15) is 0 Å². The van der Waals surface area contributed by atoms with Gasteiger partial charge in [-0.3, -0.25) is 9.59 Å². The predicted molar refractivity (Wildman–Crippen MR) is 94.0 cm³/mol. The minimum atomic E-state index is -1.27. The van der Waals surface area contributed by atoms with Crippen LogP contribution in [0.5, 0.6) is 0 Å². The molecule has 0 aromatic carbocycles. The number of ketones is 1. The Morgan fingerprint density at radius 3 is 1.74 bits per heavy atom. The second-order valence-electron chi connectivity index (χ2n) is 9.57. The first kappa shape index (κ1) is 19.7. The molecule has 0 aliphatic heterocycles. The molecule has 0 aromatic rings. The van der Waals surface area contributed by atoms with Gasteiger partial charge >= 0.3 is 5.97 Å². The molecule has 0 heterocycles. The van der Waals surface area contributed by atoms with E-state index in [0.29, 0.717) is 5.57 Å². The van der Waals surface area contributed by atoms with Gasteiger partial charge in [0, 0.05) is 17.9 Å². The van der Waals surface area contributed by atoms with Gasteiger partial charge in [-0.15, -0.1) is 0 Å². The van der Waals surface area contributed by atoms with Gasteiger partial charge in [-0.05, 0) is 22.5 Å².